The topological polar surface area (TPSA) is 103 Å². The van der Waals surface area contributed by atoms with Crippen molar-refractivity contribution < 1.29 is 19.5 Å². The van der Waals surface area contributed by atoms with Crippen molar-refractivity contribution in [1.29, 1.82) is 0 Å². The Bertz CT molecular complexity index is 1410. The van der Waals surface area contributed by atoms with Crippen LogP contribution in [0.4, 0.5) is 0 Å². The minimum atomic E-state index is -1.16. The number of hydrogen-bond donors (Lipinski definition) is 3. The molecule has 7 heteroatoms. The van der Waals surface area contributed by atoms with Gasteiger partial charge in [0.15, 0.2) is 0 Å². The number of carboxylic acid groups (broad SMARTS) is 1. The van der Waals surface area contributed by atoms with Gasteiger partial charge in [-0.2, -0.15) is 0 Å². The predicted octanol–water partition coefficient (Wildman–Crippen LogP) is 4.28. The lowest BCUT2D eigenvalue weighted by molar-refractivity contribution is -0.142. The predicted molar refractivity (Wildman–Crippen MR) is 144 cm³/mol. The number of para-hydroxylation sites is 1. The highest BCUT2D eigenvalue weighted by atomic mass is 16.4. The molecule has 7 nitrogen and oxygen atoms in total. The van der Waals surface area contributed by atoms with Gasteiger partial charge < -0.3 is 20.3 Å². The van der Waals surface area contributed by atoms with E-state index >= 15 is 0 Å². The van der Waals surface area contributed by atoms with E-state index in [1.54, 1.807) is 25.4 Å². The molecule has 4 rings (SSSR count). The highest BCUT2D eigenvalue weighted by molar-refractivity contribution is 5.98. The van der Waals surface area contributed by atoms with Crippen LogP contribution in [0.15, 0.2) is 79.0 Å². The van der Waals surface area contributed by atoms with Crippen LogP contribution < -0.4 is 5.32 Å². The Kier molecular flexibility index (Phi) is 7.72. The van der Waals surface area contributed by atoms with Gasteiger partial charge in [-0.1, -0.05) is 65.7 Å². The molecule has 0 saturated carbocycles. The molecule has 190 valence electrons. The van der Waals surface area contributed by atoms with E-state index in [4.69, 9.17) is 0 Å². The lowest BCUT2D eigenvalue weighted by atomic mass is 10.0. The van der Waals surface area contributed by atoms with Crippen molar-refractivity contribution in [2.45, 2.75) is 38.8 Å². The van der Waals surface area contributed by atoms with Gasteiger partial charge in [-0.25, -0.2) is 4.79 Å². The summed E-state index contributed by atoms with van der Waals surface area (Å²) in [6, 6.07) is 20.5. The summed E-state index contributed by atoms with van der Waals surface area (Å²) >= 11 is 0. The summed E-state index contributed by atoms with van der Waals surface area (Å²) in [7, 11) is 1.59. The van der Waals surface area contributed by atoms with E-state index < -0.39 is 24.0 Å². The van der Waals surface area contributed by atoms with Crippen LogP contribution >= 0.6 is 0 Å². The highest BCUT2D eigenvalue weighted by Crippen LogP contribution is 2.20. The molecule has 3 aromatic carbocycles. The van der Waals surface area contributed by atoms with Crippen molar-refractivity contribution >= 4 is 28.7 Å². The van der Waals surface area contributed by atoms with Gasteiger partial charge in [-0.05, 0) is 43.2 Å². The number of aromatic amines is 1. The number of carboxylic acids is 1. The maximum absolute atomic E-state index is 13.6. The van der Waals surface area contributed by atoms with E-state index in [0.717, 1.165) is 33.2 Å². The van der Waals surface area contributed by atoms with Crippen molar-refractivity contribution in [3.05, 3.63) is 107 Å². The fourth-order valence-corrected chi connectivity index (χ4v) is 4.67. The van der Waals surface area contributed by atoms with Crippen molar-refractivity contribution in [2.75, 3.05) is 7.05 Å². The molecule has 0 unspecified atom stereocenters. The summed E-state index contributed by atoms with van der Waals surface area (Å²) in [5.41, 5.74) is 4.94. The summed E-state index contributed by atoms with van der Waals surface area (Å²) in [5.74, 6) is -1.96. The summed E-state index contributed by atoms with van der Waals surface area (Å²) in [6.07, 6.45) is 2.13. The number of aliphatic carboxylic acids is 1. The Morgan fingerprint density at radius 2 is 1.57 bits per heavy atom. The number of nitrogens with one attached hydrogen (secondary N) is 2. The van der Waals surface area contributed by atoms with Gasteiger partial charge in [0.1, 0.15) is 12.1 Å². The number of nitrogens with zero attached hydrogens (tertiary/aromatic N) is 1. The van der Waals surface area contributed by atoms with Crippen LogP contribution in [0.5, 0.6) is 0 Å². The van der Waals surface area contributed by atoms with Crippen molar-refractivity contribution in [3.8, 4) is 0 Å². The SMILES string of the molecule is Cc1cc(C)cc(C(=O)N(C)[C@@H](Cc2ccccc2)C(=O)N[C@@H](Cc2c[nH]c3ccccc23)C(=O)O)c1. The molecule has 1 aromatic heterocycles. The zero-order valence-corrected chi connectivity index (χ0v) is 21.2. The number of carbonyl (C=O) groups excluding carboxylic acids is 2. The Balaban J connectivity index is 1.60. The lowest BCUT2D eigenvalue weighted by Crippen LogP contribution is -2.53. The van der Waals surface area contributed by atoms with Crippen molar-refractivity contribution in [1.82, 2.24) is 15.2 Å². The summed E-state index contributed by atoms with van der Waals surface area (Å²) < 4.78 is 0. The van der Waals surface area contributed by atoms with Crippen LogP contribution in [0.2, 0.25) is 0 Å². The molecule has 0 aliphatic rings. The molecule has 0 saturated heterocycles. The largest absolute Gasteiger partial charge is 0.480 e. The number of aromatic nitrogens is 1. The number of aryl methyl sites for hydroxylation is 2. The monoisotopic (exact) mass is 497 g/mol. The van der Waals surface area contributed by atoms with Gasteiger partial charge in [-0.3, -0.25) is 9.59 Å². The average molecular weight is 498 g/mol. The Morgan fingerprint density at radius 1 is 0.919 bits per heavy atom. The smallest absolute Gasteiger partial charge is 0.326 e. The van der Waals surface area contributed by atoms with Gasteiger partial charge in [-0.15, -0.1) is 0 Å². The van der Waals surface area contributed by atoms with Gasteiger partial charge in [0.2, 0.25) is 5.91 Å². The minimum absolute atomic E-state index is 0.109. The quantitative estimate of drug-likeness (QED) is 0.321. The second kappa shape index (κ2) is 11.1. The minimum Gasteiger partial charge on any atom is -0.480 e. The Hall–Kier alpha value is -4.39. The number of hydrogen-bond acceptors (Lipinski definition) is 3. The number of benzene rings is 3. The highest BCUT2D eigenvalue weighted by Gasteiger charge is 2.31. The van der Waals surface area contributed by atoms with Gasteiger partial charge in [0, 0.05) is 42.6 Å². The molecule has 0 fully saturated rings. The van der Waals surface area contributed by atoms with E-state index in [2.05, 4.69) is 10.3 Å². The first kappa shape index (κ1) is 25.7. The first-order valence-corrected chi connectivity index (χ1v) is 12.2. The fourth-order valence-electron chi connectivity index (χ4n) is 4.67. The second-order valence-corrected chi connectivity index (χ2v) is 9.46. The first-order valence-electron chi connectivity index (χ1n) is 12.2. The zero-order valence-electron chi connectivity index (χ0n) is 21.2. The van der Waals surface area contributed by atoms with Crippen molar-refractivity contribution in [2.24, 2.45) is 0 Å². The van der Waals surface area contributed by atoms with E-state index in [1.807, 2.05) is 74.5 Å². The maximum atomic E-state index is 13.6. The van der Waals surface area contributed by atoms with Crippen LogP contribution in [0.1, 0.15) is 32.6 Å². The van der Waals surface area contributed by atoms with Crippen LogP contribution in [-0.4, -0.2) is 51.9 Å². The number of rotatable bonds is 9. The molecule has 2 amide bonds. The Labute approximate surface area is 216 Å². The third kappa shape index (κ3) is 6.06. The standard InChI is InChI=1S/C30H31N3O4/c1-19-13-20(2)15-22(14-19)29(35)33(3)27(16-21-9-5-4-6-10-21)28(34)32-26(30(36)37)17-23-18-31-25-12-8-7-11-24(23)25/h4-15,18,26-27,31H,16-17H2,1-3H3,(H,32,34)(H,36,37)/t26-,27-/m0/s1. The third-order valence-corrected chi connectivity index (χ3v) is 6.54. The molecule has 2 atom stereocenters. The zero-order chi connectivity index (χ0) is 26.5. The molecule has 4 aromatic rings. The normalized spacial score (nSPS) is 12.6. The number of likely N-dealkylation sites (N-methyl/N-ethyl adjacent to an activating group) is 1. The number of carbonyl (C=O) groups is 3. The van der Waals surface area contributed by atoms with Crippen LogP contribution in [0.25, 0.3) is 10.9 Å². The van der Waals surface area contributed by atoms with Crippen molar-refractivity contribution in [3.63, 3.8) is 0 Å². The van der Waals surface area contributed by atoms with Crippen LogP contribution in [0.3, 0.4) is 0 Å². The fraction of sp³-hybridized carbons (Fsp3) is 0.233. The number of H-pyrrole nitrogens is 1. The molecule has 0 aliphatic heterocycles. The molecular formula is C30H31N3O4. The second-order valence-electron chi connectivity index (χ2n) is 9.46. The lowest BCUT2D eigenvalue weighted by Gasteiger charge is -2.29. The third-order valence-electron chi connectivity index (χ3n) is 6.54. The summed E-state index contributed by atoms with van der Waals surface area (Å²) in [4.78, 5) is 43.7. The molecule has 3 N–H and O–H groups in total. The first-order chi connectivity index (χ1) is 17.7. The Morgan fingerprint density at radius 3 is 2.24 bits per heavy atom. The van der Waals surface area contributed by atoms with E-state index in [-0.39, 0.29) is 18.7 Å². The van der Waals surface area contributed by atoms with Gasteiger partial charge in [0.25, 0.3) is 5.91 Å². The van der Waals surface area contributed by atoms with E-state index in [1.165, 1.54) is 4.90 Å². The van der Waals surface area contributed by atoms with Crippen LogP contribution in [0, 0.1) is 13.8 Å². The van der Waals surface area contributed by atoms with Gasteiger partial charge in [0.05, 0.1) is 0 Å². The molecular weight excluding hydrogens is 466 g/mol. The molecule has 0 bridgehead atoms. The number of amides is 2. The van der Waals surface area contributed by atoms with E-state index in [0.29, 0.717) is 5.56 Å². The number of fused-ring (bicyclic) bond motifs is 1. The average Bonchev–Trinajstić information content (AvgIpc) is 3.28. The molecule has 0 spiro atoms. The van der Waals surface area contributed by atoms with E-state index in [9.17, 15) is 19.5 Å². The molecule has 0 aliphatic carbocycles. The van der Waals surface area contributed by atoms with Gasteiger partial charge >= 0.3 is 5.97 Å². The molecule has 1 heterocycles. The molecule has 0 radical (unpaired) electrons. The summed E-state index contributed by atoms with van der Waals surface area (Å²) in [6.45, 7) is 3.83. The van der Waals surface area contributed by atoms with Crippen LogP contribution in [-0.2, 0) is 22.4 Å². The maximum Gasteiger partial charge on any atom is 0.326 e. The summed E-state index contributed by atoms with van der Waals surface area (Å²) in [5, 5.41) is 13.6. The molecule has 37 heavy (non-hydrogen) atoms.